The highest BCUT2D eigenvalue weighted by atomic mass is 19.1. The molecule has 0 aliphatic carbocycles. The molecule has 92 valence electrons. The van der Waals surface area contributed by atoms with Crippen LogP contribution in [-0.4, -0.2) is 13.2 Å². The standard InChI is InChI=1S/C14H18FNO/c1-3-5-10-17-14-12(11-16-9-4-2)7-6-8-13(14)15/h1,6-8,16H,4-5,9-11H2,2H3. The van der Waals surface area contributed by atoms with Gasteiger partial charge in [0, 0.05) is 18.5 Å². The molecule has 2 nitrogen and oxygen atoms in total. The third-order valence-electron chi connectivity index (χ3n) is 2.28. The molecule has 0 saturated carbocycles. The van der Waals surface area contributed by atoms with E-state index in [0.717, 1.165) is 18.5 Å². The van der Waals surface area contributed by atoms with Gasteiger partial charge in [-0.05, 0) is 19.0 Å². The van der Waals surface area contributed by atoms with Crippen LogP contribution in [0.25, 0.3) is 0 Å². The van der Waals surface area contributed by atoms with Gasteiger partial charge in [0.2, 0.25) is 0 Å². The van der Waals surface area contributed by atoms with Gasteiger partial charge in [-0.1, -0.05) is 19.1 Å². The van der Waals surface area contributed by atoms with E-state index in [-0.39, 0.29) is 5.82 Å². The first kappa shape index (κ1) is 13.5. The van der Waals surface area contributed by atoms with Crippen LogP contribution in [0.15, 0.2) is 18.2 Å². The van der Waals surface area contributed by atoms with E-state index in [2.05, 4.69) is 18.2 Å². The third-order valence-corrected chi connectivity index (χ3v) is 2.28. The molecule has 0 heterocycles. The summed E-state index contributed by atoms with van der Waals surface area (Å²) in [5.41, 5.74) is 0.829. The van der Waals surface area contributed by atoms with Crippen LogP contribution in [0.4, 0.5) is 4.39 Å². The molecule has 17 heavy (non-hydrogen) atoms. The summed E-state index contributed by atoms with van der Waals surface area (Å²) >= 11 is 0. The number of ether oxygens (including phenoxy) is 1. The van der Waals surface area contributed by atoms with Crippen LogP contribution < -0.4 is 10.1 Å². The minimum absolute atomic E-state index is 0.311. The zero-order valence-electron chi connectivity index (χ0n) is 10.1. The second-order valence-corrected chi connectivity index (χ2v) is 3.71. The summed E-state index contributed by atoms with van der Waals surface area (Å²) in [7, 11) is 0. The van der Waals surface area contributed by atoms with Gasteiger partial charge in [0.1, 0.15) is 0 Å². The molecular weight excluding hydrogens is 217 g/mol. The summed E-state index contributed by atoms with van der Waals surface area (Å²) in [6, 6.07) is 4.94. The molecule has 0 spiro atoms. The Hall–Kier alpha value is -1.53. The van der Waals surface area contributed by atoms with Gasteiger partial charge < -0.3 is 10.1 Å². The van der Waals surface area contributed by atoms with Crippen LogP contribution in [0.1, 0.15) is 25.3 Å². The highest BCUT2D eigenvalue weighted by Gasteiger charge is 2.08. The number of nitrogens with one attached hydrogen (secondary N) is 1. The van der Waals surface area contributed by atoms with Gasteiger partial charge >= 0.3 is 0 Å². The molecule has 0 fully saturated rings. The number of hydrogen-bond donors (Lipinski definition) is 1. The number of terminal acetylenes is 1. The molecule has 0 atom stereocenters. The van der Waals surface area contributed by atoms with Crippen molar-refractivity contribution in [3.63, 3.8) is 0 Å². The zero-order chi connectivity index (χ0) is 12.5. The van der Waals surface area contributed by atoms with Crippen molar-refractivity contribution in [3.05, 3.63) is 29.6 Å². The van der Waals surface area contributed by atoms with Crippen molar-refractivity contribution in [1.29, 1.82) is 0 Å². The van der Waals surface area contributed by atoms with Crippen molar-refractivity contribution in [2.24, 2.45) is 0 Å². The summed E-state index contributed by atoms with van der Waals surface area (Å²) in [5.74, 6) is 2.44. The van der Waals surface area contributed by atoms with E-state index in [1.165, 1.54) is 6.07 Å². The minimum Gasteiger partial charge on any atom is -0.489 e. The van der Waals surface area contributed by atoms with E-state index in [4.69, 9.17) is 11.2 Å². The summed E-state index contributed by atoms with van der Waals surface area (Å²) < 4.78 is 19.0. The smallest absolute Gasteiger partial charge is 0.165 e. The van der Waals surface area contributed by atoms with Gasteiger partial charge in [-0.2, -0.15) is 0 Å². The van der Waals surface area contributed by atoms with Gasteiger partial charge in [0.15, 0.2) is 11.6 Å². The number of rotatable bonds is 7. The van der Waals surface area contributed by atoms with E-state index in [1.807, 2.05) is 6.07 Å². The Kier molecular flexibility index (Phi) is 6.13. The van der Waals surface area contributed by atoms with Crippen LogP contribution in [0.3, 0.4) is 0 Å². The molecule has 0 radical (unpaired) electrons. The molecule has 1 aromatic rings. The predicted molar refractivity (Wildman–Crippen MR) is 67.3 cm³/mol. The van der Waals surface area contributed by atoms with Crippen molar-refractivity contribution >= 4 is 0 Å². The molecule has 1 N–H and O–H groups in total. The lowest BCUT2D eigenvalue weighted by molar-refractivity contribution is 0.305. The molecule has 1 aromatic carbocycles. The molecule has 0 amide bonds. The van der Waals surface area contributed by atoms with Crippen molar-refractivity contribution < 1.29 is 9.13 Å². The predicted octanol–water partition coefficient (Wildman–Crippen LogP) is 2.73. The highest BCUT2D eigenvalue weighted by molar-refractivity contribution is 5.34. The lowest BCUT2D eigenvalue weighted by atomic mass is 10.2. The molecule has 0 bridgehead atoms. The van der Waals surface area contributed by atoms with Crippen molar-refractivity contribution in [2.45, 2.75) is 26.3 Å². The van der Waals surface area contributed by atoms with Gasteiger partial charge in [-0.3, -0.25) is 0 Å². The van der Waals surface area contributed by atoms with Crippen LogP contribution in [0.5, 0.6) is 5.75 Å². The van der Waals surface area contributed by atoms with E-state index in [1.54, 1.807) is 6.07 Å². The lowest BCUT2D eigenvalue weighted by Gasteiger charge is -2.12. The monoisotopic (exact) mass is 235 g/mol. The van der Waals surface area contributed by atoms with Gasteiger partial charge in [-0.25, -0.2) is 4.39 Å². The Morgan fingerprint density at radius 2 is 2.29 bits per heavy atom. The maximum atomic E-state index is 13.6. The molecule has 0 unspecified atom stereocenters. The first-order valence-electron chi connectivity index (χ1n) is 5.84. The first-order chi connectivity index (χ1) is 8.29. The highest BCUT2D eigenvalue weighted by Crippen LogP contribution is 2.22. The second-order valence-electron chi connectivity index (χ2n) is 3.71. The molecule has 0 saturated heterocycles. The number of para-hydroxylation sites is 1. The maximum absolute atomic E-state index is 13.6. The van der Waals surface area contributed by atoms with Crippen molar-refractivity contribution in [2.75, 3.05) is 13.2 Å². The Labute approximate surface area is 102 Å². The molecule has 1 rings (SSSR count). The number of hydrogen-bond acceptors (Lipinski definition) is 2. The molecule has 3 heteroatoms. The Morgan fingerprint density at radius 3 is 3.00 bits per heavy atom. The first-order valence-corrected chi connectivity index (χ1v) is 5.84. The summed E-state index contributed by atoms with van der Waals surface area (Å²) in [4.78, 5) is 0. The molecule has 0 aliphatic rings. The quantitative estimate of drug-likeness (QED) is 0.579. The second kappa shape index (κ2) is 7.70. The topological polar surface area (TPSA) is 21.3 Å². The maximum Gasteiger partial charge on any atom is 0.165 e. The zero-order valence-corrected chi connectivity index (χ0v) is 10.1. The molecule has 0 aromatic heterocycles. The SMILES string of the molecule is C#CCCOc1c(F)cccc1CNCCC. The van der Waals surface area contributed by atoms with Crippen LogP contribution >= 0.6 is 0 Å². The normalized spacial score (nSPS) is 9.94. The Morgan fingerprint density at radius 1 is 1.47 bits per heavy atom. The lowest BCUT2D eigenvalue weighted by Crippen LogP contribution is -2.15. The van der Waals surface area contributed by atoms with Crippen LogP contribution in [-0.2, 0) is 6.54 Å². The van der Waals surface area contributed by atoms with E-state index >= 15 is 0 Å². The van der Waals surface area contributed by atoms with Crippen LogP contribution in [0, 0.1) is 18.2 Å². The fourth-order valence-corrected chi connectivity index (χ4v) is 1.47. The summed E-state index contributed by atoms with van der Waals surface area (Å²) in [5, 5.41) is 3.22. The summed E-state index contributed by atoms with van der Waals surface area (Å²) in [6.07, 6.45) is 6.66. The average Bonchev–Trinajstić information content (AvgIpc) is 2.33. The fourth-order valence-electron chi connectivity index (χ4n) is 1.47. The largest absolute Gasteiger partial charge is 0.489 e. The van der Waals surface area contributed by atoms with Crippen molar-refractivity contribution in [1.82, 2.24) is 5.32 Å². The van der Waals surface area contributed by atoms with Crippen LogP contribution in [0.2, 0.25) is 0 Å². The van der Waals surface area contributed by atoms with E-state index < -0.39 is 0 Å². The molecule has 0 aliphatic heterocycles. The van der Waals surface area contributed by atoms with Gasteiger partial charge in [0.05, 0.1) is 6.61 Å². The Bertz CT molecular complexity index is 384. The number of halogens is 1. The minimum atomic E-state index is -0.335. The molecular formula is C14H18FNO. The van der Waals surface area contributed by atoms with E-state index in [0.29, 0.717) is 25.3 Å². The third kappa shape index (κ3) is 4.46. The Balaban J connectivity index is 2.67. The van der Waals surface area contributed by atoms with Gasteiger partial charge in [-0.15, -0.1) is 12.3 Å². The van der Waals surface area contributed by atoms with E-state index in [9.17, 15) is 4.39 Å². The van der Waals surface area contributed by atoms with Gasteiger partial charge in [0.25, 0.3) is 0 Å². The summed E-state index contributed by atoms with van der Waals surface area (Å²) in [6.45, 7) is 3.94. The van der Waals surface area contributed by atoms with Crippen molar-refractivity contribution in [3.8, 4) is 18.1 Å². The fraction of sp³-hybridized carbons (Fsp3) is 0.429. The number of benzene rings is 1. The average molecular weight is 235 g/mol.